The monoisotopic (exact) mass is 181 g/mol. The van der Waals surface area contributed by atoms with Crippen molar-refractivity contribution in [1.29, 1.82) is 0 Å². The lowest BCUT2D eigenvalue weighted by atomic mass is 9.70. The number of carbonyl (C=O) groups is 2. The van der Waals surface area contributed by atoms with E-state index in [1.54, 1.807) is 0 Å². The summed E-state index contributed by atoms with van der Waals surface area (Å²) in [5, 5.41) is 2.44. The van der Waals surface area contributed by atoms with Crippen molar-refractivity contribution in [3.05, 3.63) is 0 Å². The van der Waals surface area contributed by atoms with Gasteiger partial charge >= 0.3 is 0 Å². The van der Waals surface area contributed by atoms with Gasteiger partial charge in [-0.25, -0.2) is 0 Å². The van der Waals surface area contributed by atoms with Crippen molar-refractivity contribution in [2.24, 2.45) is 16.7 Å². The van der Waals surface area contributed by atoms with Crippen LogP contribution in [0.25, 0.3) is 0 Å². The van der Waals surface area contributed by atoms with Gasteiger partial charge in [0.15, 0.2) is 0 Å². The quantitative estimate of drug-likeness (QED) is 0.568. The smallest absolute Gasteiger partial charge is 0.233 e. The summed E-state index contributed by atoms with van der Waals surface area (Å²) < 4.78 is 0. The highest BCUT2D eigenvalue weighted by Gasteiger charge is 2.64. The number of imide groups is 1. The van der Waals surface area contributed by atoms with E-state index < -0.39 is 10.8 Å². The van der Waals surface area contributed by atoms with Crippen LogP contribution in [-0.4, -0.2) is 11.8 Å². The molecule has 2 amide bonds. The molecule has 1 saturated heterocycles. The van der Waals surface area contributed by atoms with E-state index in [0.717, 1.165) is 12.8 Å². The van der Waals surface area contributed by atoms with E-state index in [2.05, 4.69) is 12.2 Å². The fraction of sp³-hybridized carbons (Fsp3) is 0.800. The topological polar surface area (TPSA) is 46.2 Å². The first-order valence-corrected chi connectivity index (χ1v) is 4.76. The van der Waals surface area contributed by atoms with Crippen molar-refractivity contribution < 1.29 is 9.59 Å². The van der Waals surface area contributed by atoms with Gasteiger partial charge in [-0.2, -0.15) is 0 Å². The second-order valence-corrected chi connectivity index (χ2v) is 4.96. The number of nitrogens with one attached hydrogen (secondary N) is 1. The average Bonchev–Trinajstić information content (AvgIpc) is 2.31. The second kappa shape index (κ2) is 2.14. The lowest BCUT2D eigenvalue weighted by Crippen LogP contribution is -2.35. The lowest BCUT2D eigenvalue weighted by molar-refractivity contribution is -0.129. The number of fused-ring (bicyclic) bond motifs is 1. The molecule has 1 aliphatic heterocycles. The summed E-state index contributed by atoms with van der Waals surface area (Å²) in [6.45, 7) is 5.93. The van der Waals surface area contributed by atoms with Crippen molar-refractivity contribution in [3.63, 3.8) is 0 Å². The molecule has 1 unspecified atom stereocenters. The zero-order valence-corrected chi connectivity index (χ0v) is 8.31. The van der Waals surface area contributed by atoms with Gasteiger partial charge in [0, 0.05) is 0 Å². The van der Waals surface area contributed by atoms with E-state index in [4.69, 9.17) is 0 Å². The van der Waals surface area contributed by atoms with Gasteiger partial charge in [0.1, 0.15) is 0 Å². The van der Waals surface area contributed by atoms with Crippen molar-refractivity contribution >= 4 is 11.8 Å². The molecule has 2 rings (SSSR count). The number of hydrogen-bond acceptors (Lipinski definition) is 2. The van der Waals surface area contributed by atoms with Gasteiger partial charge in [0.25, 0.3) is 0 Å². The summed E-state index contributed by atoms with van der Waals surface area (Å²) >= 11 is 0. The third-order valence-electron chi connectivity index (χ3n) is 3.96. The van der Waals surface area contributed by atoms with Crippen LogP contribution in [-0.2, 0) is 9.59 Å². The summed E-state index contributed by atoms with van der Waals surface area (Å²) in [7, 11) is 0. The molecule has 0 aromatic rings. The minimum atomic E-state index is -0.455. The highest BCUT2D eigenvalue weighted by molar-refractivity contribution is 6.09. The zero-order valence-electron chi connectivity index (χ0n) is 8.31. The first kappa shape index (κ1) is 8.73. The Morgan fingerprint density at radius 2 is 1.54 bits per heavy atom. The molecule has 0 spiro atoms. The molecule has 3 nitrogen and oxygen atoms in total. The predicted molar refractivity (Wildman–Crippen MR) is 47.8 cm³/mol. The maximum Gasteiger partial charge on any atom is 0.233 e. The molecule has 1 saturated carbocycles. The number of hydrogen-bond donors (Lipinski definition) is 1. The molecule has 13 heavy (non-hydrogen) atoms. The van der Waals surface area contributed by atoms with Crippen LogP contribution in [0.4, 0.5) is 0 Å². The second-order valence-electron chi connectivity index (χ2n) is 4.96. The van der Waals surface area contributed by atoms with Gasteiger partial charge < -0.3 is 0 Å². The summed E-state index contributed by atoms with van der Waals surface area (Å²) in [5.74, 6) is 0.318. The molecule has 2 aliphatic rings. The molecule has 0 aromatic carbocycles. The Balaban J connectivity index is 2.49. The summed E-state index contributed by atoms with van der Waals surface area (Å²) in [5.41, 5.74) is -0.910. The van der Waals surface area contributed by atoms with Gasteiger partial charge in [-0.15, -0.1) is 0 Å². The molecule has 2 fully saturated rings. The van der Waals surface area contributed by atoms with Gasteiger partial charge in [-0.1, -0.05) is 6.92 Å². The minimum absolute atomic E-state index is 0.0793. The molecule has 1 heterocycles. The van der Waals surface area contributed by atoms with Crippen LogP contribution in [0.3, 0.4) is 0 Å². The average molecular weight is 181 g/mol. The van der Waals surface area contributed by atoms with Crippen LogP contribution in [0.2, 0.25) is 0 Å². The summed E-state index contributed by atoms with van der Waals surface area (Å²) in [6.07, 6.45) is 1.67. The van der Waals surface area contributed by atoms with E-state index in [1.807, 2.05) is 13.8 Å². The van der Waals surface area contributed by atoms with Crippen LogP contribution in [0.15, 0.2) is 0 Å². The number of rotatable bonds is 0. The van der Waals surface area contributed by atoms with Crippen LogP contribution in [0.5, 0.6) is 0 Å². The Morgan fingerprint density at radius 1 is 1.15 bits per heavy atom. The number of amides is 2. The SMILES string of the molecule is CC1C[C@@]2(C)C(=O)NC(=O)[C@@]2(C)C1. The Morgan fingerprint density at radius 3 is 1.92 bits per heavy atom. The van der Waals surface area contributed by atoms with Crippen molar-refractivity contribution in [2.75, 3.05) is 0 Å². The van der Waals surface area contributed by atoms with Gasteiger partial charge in [-0.3, -0.25) is 14.9 Å². The fourth-order valence-electron chi connectivity index (χ4n) is 2.98. The highest BCUT2D eigenvalue weighted by Crippen LogP contribution is 2.57. The van der Waals surface area contributed by atoms with E-state index >= 15 is 0 Å². The molecular formula is C10H15NO2. The first-order valence-electron chi connectivity index (χ1n) is 4.76. The van der Waals surface area contributed by atoms with E-state index in [-0.39, 0.29) is 11.8 Å². The Labute approximate surface area is 77.9 Å². The van der Waals surface area contributed by atoms with E-state index in [1.165, 1.54) is 0 Å². The number of carbonyl (C=O) groups excluding carboxylic acids is 2. The van der Waals surface area contributed by atoms with Crippen molar-refractivity contribution in [3.8, 4) is 0 Å². The third kappa shape index (κ3) is 0.798. The standard InChI is InChI=1S/C10H15NO2/c1-6-4-9(2)7(12)11-8(13)10(9,3)5-6/h6H,4-5H2,1-3H3,(H,11,12,13)/t6?,9-,10+. The van der Waals surface area contributed by atoms with Crippen molar-refractivity contribution in [1.82, 2.24) is 5.32 Å². The minimum Gasteiger partial charge on any atom is -0.295 e. The van der Waals surface area contributed by atoms with Crippen LogP contribution in [0, 0.1) is 16.7 Å². The van der Waals surface area contributed by atoms with Gasteiger partial charge in [0.05, 0.1) is 10.8 Å². The van der Waals surface area contributed by atoms with E-state index in [0.29, 0.717) is 5.92 Å². The van der Waals surface area contributed by atoms with Crippen molar-refractivity contribution in [2.45, 2.75) is 33.6 Å². The summed E-state index contributed by atoms with van der Waals surface area (Å²) in [6, 6.07) is 0. The molecule has 0 aromatic heterocycles. The largest absolute Gasteiger partial charge is 0.295 e. The lowest BCUT2D eigenvalue weighted by Gasteiger charge is -2.28. The maximum atomic E-state index is 11.6. The Kier molecular flexibility index (Phi) is 1.44. The predicted octanol–water partition coefficient (Wildman–Crippen LogP) is 1.09. The van der Waals surface area contributed by atoms with E-state index in [9.17, 15) is 9.59 Å². The molecule has 3 heteroatoms. The molecule has 0 radical (unpaired) electrons. The van der Waals surface area contributed by atoms with Crippen LogP contribution >= 0.6 is 0 Å². The molecule has 72 valence electrons. The Bertz CT molecular complexity index is 271. The molecule has 0 bridgehead atoms. The fourth-order valence-corrected chi connectivity index (χ4v) is 2.98. The third-order valence-corrected chi connectivity index (χ3v) is 3.96. The van der Waals surface area contributed by atoms with Gasteiger partial charge in [0.2, 0.25) is 11.8 Å². The van der Waals surface area contributed by atoms with Gasteiger partial charge in [-0.05, 0) is 32.6 Å². The Hall–Kier alpha value is -0.860. The first-order chi connectivity index (χ1) is 5.90. The maximum absolute atomic E-state index is 11.6. The van der Waals surface area contributed by atoms with Crippen LogP contribution in [0.1, 0.15) is 33.6 Å². The van der Waals surface area contributed by atoms with Crippen LogP contribution < -0.4 is 5.32 Å². The highest BCUT2D eigenvalue weighted by atomic mass is 16.2. The zero-order chi connectivity index (χ0) is 9.85. The molecule has 3 atom stereocenters. The molecule has 1 aliphatic carbocycles. The molecular weight excluding hydrogens is 166 g/mol. The molecule has 1 N–H and O–H groups in total. The normalized spacial score (nSPS) is 49.3. The summed E-state index contributed by atoms with van der Waals surface area (Å²) in [4.78, 5) is 23.2.